The van der Waals surface area contributed by atoms with Gasteiger partial charge in [-0.15, -0.1) is 0 Å². The predicted molar refractivity (Wildman–Crippen MR) is 150 cm³/mol. The number of hydrogen-bond donors (Lipinski definition) is 1. The molecule has 5 atom stereocenters. The standard InChI is InChI=1S/C17H13NO3.C13H18O10/c1-2-11-21-17(20)15-9-4-3-7-13(15)14-8-5-6-10-16(14)18-12-19;1-5(14)20-8-9(21-6(2)15)11(22-7(3)16)13(18)23-10(8)12(17)19-4/h2-10H,1,11H2;8-11,13,18H,1-4H3. The molecule has 1 N–H and O–H groups in total. The molecule has 0 aromatic heterocycles. The van der Waals surface area contributed by atoms with Crippen LogP contribution in [0.1, 0.15) is 31.1 Å². The van der Waals surface area contributed by atoms with Gasteiger partial charge in [-0.05, 0) is 17.7 Å². The molecule has 1 heterocycles. The van der Waals surface area contributed by atoms with Gasteiger partial charge >= 0.3 is 29.8 Å². The van der Waals surface area contributed by atoms with E-state index in [1.165, 1.54) is 12.2 Å². The van der Waals surface area contributed by atoms with E-state index in [4.69, 9.17) is 23.7 Å². The van der Waals surface area contributed by atoms with Gasteiger partial charge < -0.3 is 33.5 Å². The maximum atomic E-state index is 12.1. The van der Waals surface area contributed by atoms with Crippen molar-refractivity contribution in [2.45, 2.75) is 51.5 Å². The highest BCUT2D eigenvalue weighted by atomic mass is 16.7. The first-order chi connectivity index (χ1) is 20.9. The van der Waals surface area contributed by atoms with Crippen molar-refractivity contribution in [3.63, 3.8) is 0 Å². The lowest BCUT2D eigenvalue weighted by Crippen LogP contribution is -2.63. The maximum Gasteiger partial charge on any atom is 0.339 e. The number of para-hydroxylation sites is 1. The first-order valence-electron chi connectivity index (χ1n) is 12.9. The topological polar surface area (TPSA) is 190 Å². The first kappa shape index (κ1) is 35.0. The predicted octanol–water partition coefficient (Wildman–Crippen LogP) is 2.34. The molecule has 44 heavy (non-hydrogen) atoms. The highest BCUT2D eigenvalue weighted by Crippen LogP contribution is 2.32. The molecule has 14 heteroatoms. The summed E-state index contributed by atoms with van der Waals surface area (Å²) in [7, 11) is 1.06. The number of methoxy groups -OCH3 is 1. The minimum absolute atomic E-state index is 0.140. The molecule has 5 unspecified atom stereocenters. The Morgan fingerprint density at radius 2 is 1.43 bits per heavy atom. The van der Waals surface area contributed by atoms with E-state index < -0.39 is 60.6 Å². The third kappa shape index (κ3) is 9.70. The van der Waals surface area contributed by atoms with Crippen LogP contribution in [0.15, 0.2) is 66.2 Å². The molecule has 14 nitrogen and oxygen atoms in total. The Hall–Kier alpha value is -5.17. The minimum atomic E-state index is -1.79. The number of carbonyl (C=O) groups is 5. The smallest absolute Gasteiger partial charge is 0.339 e. The van der Waals surface area contributed by atoms with E-state index >= 15 is 0 Å². The van der Waals surface area contributed by atoms with E-state index in [-0.39, 0.29) is 6.61 Å². The van der Waals surface area contributed by atoms with E-state index in [0.29, 0.717) is 22.4 Å². The number of hydrogen-bond acceptors (Lipinski definition) is 14. The third-order valence-corrected chi connectivity index (χ3v) is 5.69. The Bertz CT molecular complexity index is 1420. The van der Waals surface area contributed by atoms with Crippen LogP contribution in [0.25, 0.3) is 11.1 Å². The van der Waals surface area contributed by atoms with Crippen molar-refractivity contribution in [1.29, 1.82) is 0 Å². The van der Waals surface area contributed by atoms with Gasteiger partial charge in [0.05, 0.1) is 18.4 Å². The number of aliphatic imine (C=N–C) groups is 1. The van der Waals surface area contributed by atoms with Crippen molar-refractivity contribution >= 4 is 41.6 Å². The number of aliphatic hydroxyl groups is 1. The molecule has 0 spiro atoms. The summed E-state index contributed by atoms with van der Waals surface area (Å²) in [4.78, 5) is 71.8. The van der Waals surface area contributed by atoms with Gasteiger partial charge in [0.15, 0.2) is 30.7 Å². The number of nitrogens with zero attached hydrogens (tertiary/aromatic N) is 1. The van der Waals surface area contributed by atoms with Crippen LogP contribution in [0, 0.1) is 0 Å². The molecular formula is C30H31NO13. The van der Waals surface area contributed by atoms with E-state index in [1.807, 2.05) is 6.07 Å². The summed E-state index contributed by atoms with van der Waals surface area (Å²) < 4.78 is 29.4. The zero-order chi connectivity index (χ0) is 32.8. The van der Waals surface area contributed by atoms with Gasteiger partial charge in [-0.1, -0.05) is 49.1 Å². The van der Waals surface area contributed by atoms with Crippen molar-refractivity contribution in [2.75, 3.05) is 13.7 Å². The second kappa shape index (κ2) is 17.1. The number of ether oxygens (including phenoxy) is 6. The average molecular weight is 614 g/mol. The van der Waals surface area contributed by atoms with Crippen LogP contribution in [0.3, 0.4) is 0 Å². The van der Waals surface area contributed by atoms with Gasteiger partial charge in [0.2, 0.25) is 6.08 Å². The maximum absolute atomic E-state index is 12.1. The van der Waals surface area contributed by atoms with Crippen molar-refractivity contribution in [3.8, 4) is 11.1 Å². The second-order valence-electron chi connectivity index (χ2n) is 8.85. The number of isocyanates is 1. The fraction of sp³-hybridized carbons (Fsp3) is 0.333. The van der Waals surface area contributed by atoms with Crippen LogP contribution in [-0.2, 0) is 52.4 Å². The highest BCUT2D eigenvalue weighted by Gasteiger charge is 2.54. The number of carbonyl (C=O) groups excluding carboxylic acids is 6. The molecule has 2 aromatic rings. The lowest BCUT2D eigenvalue weighted by atomic mass is 9.98. The summed E-state index contributed by atoms with van der Waals surface area (Å²) in [6.45, 7) is 6.83. The number of aliphatic hydroxyl groups excluding tert-OH is 1. The Kier molecular flexibility index (Phi) is 13.6. The molecule has 1 aliphatic heterocycles. The van der Waals surface area contributed by atoms with Crippen molar-refractivity contribution < 1.29 is 62.3 Å². The molecule has 0 amide bonds. The summed E-state index contributed by atoms with van der Waals surface area (Å²) in [6, 6.07) is 14.1. The molecule has 0 saturated carbocycles. The second-order valence-corrected chi connectivity index (χ2v) is 8.85. The molecule has 1 aliphatic rings. The van der Waals surface area contributed by atoms with Crippen molar-refractivity contribution in [3.05, 3.63) is 66.7 Å². The van der Waals surface area contributed by atoms with Crippen LogP contribution in [0.5, 0.6) is 0 Å². The molecular weight excluding hydrogens is 582 g/mol. The zero-order valence-corrected chi connectivity index (χ0v) is 24.3. The lowest BCUT2D eigenvalue weighted by molar-refractivity contribution is -0.289. The monoisotopic (exact) mass is 613 g/mol. The summed E-state index contributed by atoms with van der Waals surface area (Å²) in [5, 5.41) is 9.93. The van der Waals surface area contributed by atoms with Crippen LogP contribution < -0.4 is 0 Å². The van der Waals surface area contributed by atoms with E-state index in [0.717, 1.165) is 27.9 Å². The molecule has 0 radical (unpaired) electrons. The molecule has 1 fully saturated rings. The highest BCUT2D eigenvalue weighted by molar-refractivity contribution is 5.99. The molecule has 3 rings (SSSR count). The van der Waals surface area contributed by atoms with Gasteiger partial charge in [-0.25, -0.2) is 14.4 Å². The van der Waals surface area contributed by atoms with E-state index in [1.54, 1.807) is 42.5 Å². The molecule has 0 aliphatic carbocycles. The normalized spacial score (nSPS) is 20.2. The summed E-state index contributed by atoms with van der Waals surface area (Å²) in [5.41, 5.74) is 2.19. The van der Waals surface area contributed by atoms with Crippen molar-refractivity contribution in [2.24, 2.45) is 4.99 Å². The van der Waals surface area contributed by atoms with Crippen LogP contribution >= 0.6 is 0 Å². The summed E-state index contributed by atoms with van der Waals surface area (Å²) in [5.74, 6) is -3.82. The number of esters is 5. The SMILES string of the molecule is C=CCOC(=O)c1ccccc1-c1ccccc1N=C=O.COC(=O)C1OC(O)C(OC(C)=O)C(OC(C)=O)C1OC(C)=O. The fourth-order valence-electron chi connectivity index (χ4n) is 4.05. The Morgan fingerprint density at radius 1 is 0.886 bits per heavy atom. The Morgan fingerprint density at radius 3 is 2.00 bits per heavy atom. The van der Waals surface area contributed by atoms with E-state index in [2.05, 4.69) is 16.3 Å². The quantitative estimate of drug-likeness (QED) is 0.143. The van der Waals surface area contributed by atoms with Crippen LogP contribution in [0.4, 0.5) is 5.69 Å². The van der Waals surface area contributed by atoms with Gasteiger partial charge in [0, 0.05) is 26.3 Å². The third-order valence-electron chi connectivity index (χ3n) is 5.69. The molecule has 0 bridgehead atoms. The molecule has 1 saturated heterocycles. The molecule has 234 valence electrons. The number of rotatable bonds is 9. The van der Waals surface area contributed by atoms with E-state index in [9.17, 15) is 33.9 Å². The Balaban J connectivity index is 0.000000308. The Labute approximate surface area is 252 Å². The van der Waals surface area contributed by atoms with Gasteiger partial charge in [0.1, 0.15) is 6.61 Å². The lowest BCUT2D eigenvalue weighted by Gasteiger charge is -2.41. The first-order valence-corrected chi connectivity index (χ1v) is 12.9. The summed E-state index contributed by atoms with van der Waals surface area (Å²) in [6.07, 6.45) is -4.72. The van der Waals surface area contributed by atoms with Gasteiger partial charge in [-0.3, -0.25) is 14.4 Å². The number of benzene rings is 2. The van der Waals surface area contributed by atoms with Gasteiger partial charge in [-0.2, -0.15) is 4.99 Å². The zero-order valence-electron chi connectivity index (χ0n) is 24.3. The van der Waals surface area contributed by atoms with Crippen LogP contribution in [-0.4, -0.2) is 85.5 Å². The minimum Gasteiger partial charge on any atom is -0.467 e. The van der Waals surface area contributed by atoms with Crippen LogP contribution in [0.2, 0.25) is 0 Å². The molecule has 2 aromatic carbocycles. The average Bonchev–Trinajstić information content (AvgIpc) is 2.98. The van der Waals surface area contributed by atoms with Gasteiger partial charge in [0.25, 0.3) is 0 Å². The fourth-order valence-corrected chi connectivity index (χ4v) is 4.05. The van der Waals surface area contributed by atoms with Crippen molar-refractivity contribution in [1.82, 2.24) is 0 Å². The summed E-state index contributed by atoms with van der Waals surface area (Å²) >= 11 is 0. The largest absolute Gasteiger partial charge is 0.467 e.